The van der Waals surface area contributed by atoms with E-state index in [-0.39, 0.29) is 6.10 Å². The second kappa shape index (κ2) is 6.74. The first-order chi connectivity index (χ1) is 8.21. The number of carbonyl (C=O) groups is 1. The van der Waals surface area contributed by atoms with E-state index in [1.54, 1.807) is 24.3 Å². The molecule has 3 heteroatoms. The molecule has 0 amide bonds. The van der Waals surface area contributed by atoms with Gasteiger partial charge >= 0.3 is 0 Å². The second-order valence-corrected chi connectivity index (χ2v) is 3.72. The number of hydrogen-bond acceptors (Lipinski definition) is 3. The van der Waals surface area contributed by atoms with Crippen molar-refractivity contribution in [2.45, 2.75) is 26.4 Å². The lowest BCUT2D eigenvalue weighted by atomic mass is 10.2. The molecule has 92 valence electrons. The van der Waals surface area contributed by atoms with E-state index >= 15 is 0 Å². The predicted octanol–water partition coefficient (Wildman–Crippen LogP) is 3.24. The van der Waals surface area contributed by atoms with E-state index in [1.165, 1.54) is 0 Å². The summed E-state index contributed by atoms with van der Waals surface area (Å²) in [6, 6.07) is 5.20. The van der Waals surface area contributed by atoms with Gasteiger partial charge in [0.05, 0.1) is 12.2 Å². The van der Waals surface area contributed by atoms with Crippen LogP contribution in [0.5, 0.6) is 11.5 Å². The van der Waals surface area contributed by atoms with Crippen molar-refractivity contribution >= 4 is 6.29 Å². The molecular formula is C14H18O3. The lowest BCUT2D eigenvalue weighted by Crippen LogP contribution is -2.09. The summed E-state index contributed by atoms with van der Waals surface area (Å²) in [5.41, 5.74) is 0.516. The molecule has 1 unspecified atom stereocenters. The van der Waals surface area contributed by atoms with Crippen molar-refractivity contribution in [3.63, 3.8) is 0 Å². The minimum Gasteiger partial charge on any atom is -0.493 e. The zero-order chi connectivity index (χ0) is 12.7. The predicted molar refractivity (Wildman–Crippen MR) is 67.9 cm³/mol. The number of hydrogen-bond donors (Lipinski definition) is 0. The van der Waals surface area contributed by atoms with Crippen LogP contribution in [-0.4, -0.2) is 19.0 Å². The maximum atomic E-state index is 10.9. The topological polar surface area (TPSA) is 35.5 Å². The minimum atomic E-state index is -0.143. The fraction of sp³-hybridized carbons (Fsp3) is 0.357. The number of rotatable bonds is 7. The van der Waals surface area contributed by atoms with Gasteiger partial charge in [0, 0.05) is 6.07 Å². The Labute approximate surface area is 102 Å². The molecule has 0 saturated heterocycles. The van der Waals surface area contributed by atoms with Gasteiger partial charge in [-0.1, -0.05) is 19.6 Å². The summed E-state index contributed by atoms with van der Waals surface area (Å²) in [6.45, 7) is 8.19. The highest BCUT2D eigenvalue weighted by Crippen LogP contribution is 2.25. The Morgan fingerprint density at radius 3 is 2.82 bits per heavy atom. The fourth-order valence-electron chi connectivity index (χ4n) is 1.27. The standard InChI is InChI=1S/C14H18O3/c1-4-8-16-13-7-6-12(10-15)14(9-13)17-11(3)5-2/h5-7,9-11H,2,4,8H2,1,3H3. The van der Waals surface area contributed by atoms with Crippen molar-refractivity contribution in [2.75, 3.05) is 6.61 Å². The average molecular weight is 234 g/mol. The van der Waals surface area contributed by atoms with E-state index in [0.29, 0.717) is 23.7 Å². The molecule has 0 aliphatic rings. The van der Waals surface area contributed by atoms with Crippen LogP contribution in [0.25, 0.3) is 0 Å². The van der Waals surface area contributed by atoms with Crippen molar-refractivity contribution in [1.82, 2.24) is 0 Å². The van der Waals surface area contributed by atoms with Gasteiger partial charge in [-0.25, -0.2) is 0 Å². The molecule has 0 heterocycles. The summed E-state index contributed by atoms with van der Waals surface area (Å²) < 4.78 is 11.1. The summed E-state index contributed by atoms with van der Waals surface area (Å²) in [4.78, 5) is 10.9. The first-order valence-electron chi connectivity index (χ1n) is 5.72. The van der Waals surface area contributed by atoms with Crippen LogP contribution in [0, 0.1) is 0 Å². The van der Waals surface area contributed by atoms with Crippen LogP contribution in [0.1, 0.15) is 30.6 Å². The molecule has 0 fully saturated rings. The highest BCUT2D eigenvalue weighted by atomic mass is 16.5. The molecular weight excluding hydrogens is 216 g/mol. The first-order valence-corrected chi connectivity index (χ1v) is 5.72. The van der Waals surface area contributed by atoms with Crippen LogP contribution < -0.4 is 9.47 Å². The SMILES string of the molecule is C=CC(C)Oc1cc(OCCC)ccc1C=O. The second-order valence-electron chi connectivity index (χ2n) is 3.72. The normalized spacial score (nSPS) is 11.6. The van der Waals surface area contributed by atoms with Gasteiger partial charge < -0.3 is 9.47 Å². The van der Waals surface area contributed by atoms with Crippen LogP contribution in [-0.2, 0) is 0 Å². The summed E-state index contributed by atoms with van der Waals surface area (Å²) in [7, 11) is 0. The molecule has 0 aromatic heterocycles. The monoisotopic (exact) mass is 234 g/mol. The smallest absolute Gasteiger partial charge is 0.153 e. The van der Waals surface area contributed by atoms with Crippen molar-refractivity contribution in [1.29, 1.82) is 0 Å². The van der Waals surface area contributed by atoms with Crippen LogP contribution in [0.4, 0.5) is 0 Å². The van der Waals surface area contributed by atoms with E-state index in [0.717, 1.165) is 12.7 Å². The van der Waals surface area contributed by atoms with Crippen LogP contribution in [0.15, 0.2) is 30.9 Å². The lowest BCUT2D eigenvalue weighted by molar-refractivity contribution is 0.111. The Bertz CT molecular complexity index is 385. The van der Waals surface area contributed by atoms with Crippen LogP contribution in [0.2, 0.25) is 0 Å². The molecule has 1 aromatic carbocycles. The fourth-order valence-corrected chi connectivity index (χ4v) is 1.27. The first kappa shape index (κ1) is 13.3. The third kappa shape index (κ3) is 3.94. The minimum absolute atomic E-state index is 0.143. The molecule has 3 nitrogen and oxygen atoms in total. The van der Waals surface area contributed by atoms with Crippen LogP contribution in [0.3, 0.4) is 0 Å². The van der Waals surface area contributed by atoms with Gasteiger partial charge in [0.25, 0.3) is 0 Å². The van der Waals surface area contributed by atoms with Gasteiger partial charge in [0.2, 0.25) is 0 Å². The van der Waals surface area contributed by atoms with Gasteiger partial charge in [-0.2, -0.15) is 0 Å². The molecule has 0 N–H and O–H groups in total. The Morgan fingerprint density at radius 2 is 2.24 bits per heavy atom. The van der Waals surface area contributed by atoms with Gasteiger partial charge in [0.15, 0.2) is 6.29 Å². The van der Waals surface area contributed by atoms with Crippen LogP contribution >= 0.6 is 0 Å². The zero-order valence-corrected chi connectivity index (χ0v) is 10.3. The molecule has 0 aliphatic carbocycles. The van der Waals surface area contributed by atoms with E-state index < -0.39 is 0 Å². The molecule has 0 radical (unpaired) electrons. The maximum Gasteiger partial charge on any atom is 0.153 e. The van der Waals surface area contributed by atoms with E-state index in [1.807, 2.05) is 13.8 Å². The molecule has 0 aliphatic heterocycles. The van der Waals surface area contributed by atoms with Crippen molar-refractivity contribution in [3.8, 4) is 11.5 Å². The van der Waals surface area contributed by atoms with Gasteiger partial charge in [-0.3, -0.25) is 4.79 Å². The number of ether oxygens (including phenoxy) is 2. The molecule has 17 heavy (non-hydrogen) atoms. The van der Waals surface area contributed by atoms with Gasteiger partial charge in [0.1, 0.15) is 17.6 Å². The Hall–Kier alpha value is -1.77. The zero-order valence-electron chi connectivity index (χ0n) is 10.3. The summed E-state index contributed by atoms with van der Waals surface area (Å²) in [6.07, 6.45) is 3.24. The Kier molecular flexibility index (Phi) is 5.27. The average Bonchev–Trinajstić information content (AvgIpc) is 2.36. The third-order valence-electron chi connectivity index (χ3n) is 2.23. The number of benzene rings is 1. The highest BCUT2D eigenvalue weighted by Gasteiger charge is 2.07. The maximum absolute atomic E-state index is 10.9. The molecule has 0 bridgehead atoms. The number of carbonyl (C=O) groups excluding carboxylic acids is 1. The summed E-state index contributed by atoms with van der Waals surface area (Å²) >= 11 is 0. The van der Waals surface area contributed by atoms with E-state index in [2.05, 4.69) is 6.58 Å². The highest BCUT2D eigenvalue weighted by molar-refractivity contribution is 5.79. The lowest BCUT2D eigenvalue weighted by Gasteiger charge is -2.14. The van der Waals surface area contributed by atoms with Crippen molar-refractivity contribution in [3.05, 3.63) is 36.4 Å². The Balaban J connectivity index is 2.89. The van der Waals surface area contributed by atoms with Gasteiger partial charge in [-0.15, -0.1) is 0 Å². The molecule has 0 spiro atoms. The summed E-state index contributed by atoms with van der Waals surface area (Å²) in [5, 5.41) is 0. The molecule has 1 aromatic rings. The molecule has 1 rings (SSSR count). The van der Waals surface area contributed by atoms with Gasteiger partial charge in [-0.05, 0) is 25.5 Å². The summed E-state index contributed by atoms with van der Waals surface area (Å²) in [5.74, 6) is 1.24. The third-order valence-corrected chi connectivity index (χ3v) is 2.23. The largest absolute Gasteiger partial charge is 0.493 e. The van der Waals surface area contributed by atoms with E-state index in [4.69, 9.17) is 9.47 Å². The number of aldehydes is 1. The van der Waals surface area contributed by atoms with E-state index in [9.17, 15) is 4.79 Å². The molecule has 1 atom stereocenters. The Morgan fingerprint density at radius 1 is 1.47 bits per heavy atom. The van der Waals surface area contributed by atoms with Crippen molar-refractivity contribution in [2.24, 2.45) is 0 Å². The van der Waals surface area contributed by atoms with Crippen molar-refractivity contribution < 1.29 is 14.3 Å². The molecule has 0 saturated carbocycles. The quantitative estimate of drug-likeness (QED) is 0.536.